The quantitative estimate of drug-likeness (QED) is 0.386. The first-order chi connectivity index (χ1) is 16.9. The van der Waals surface area contributed by atoms with Gasteiger partial charge in [-0.05, 0) is 54.8 Å². The zero-order valence-corrected chi connectivity index (χ0v) is 19.1. The van der Waals surface area contributed by atoms with Crippen LogP contribution in [-0.2, 0) is 6.54 Å². The lowest BCUT2D eigenvalue weighted by molar-refractivity contribution is 0.203. The Morgan fingerprint density at radius 2 is 1.71 bits per heavy atom. The number of carbonyl (C=O) groups excluding carboxylic acids is 1. The zero-order chi connectivity index (χ0) is 24.5. The number of halogens is 2. The van der Waals surface area contributed by atoms with Crippen LogP contribution in [0.15, 0.2) is 83.0 Å². The maximum absolute atomic E-state index is 14.1. The lowest BCUT2D eigenvalue weighted by Crippen LogP contribution is -2.45. The van der Waals surface area contributed by atoms with Gasteiger partial charge >= 0.3 is 6.03 Å². The van der Waals surface area contributed by atoms with Crippen molar-refractivity contribution in [3.05, 3.63) is 113 Å². The van der Waals surface area contributed by atoms with Crippen LogP contribution in [0, 0.1) is 18.6 Å². The van der Waals surface area contributed by atoms with Gasteiger partial charge < -0.3 is 9.84 Å². The lowest BCUT2D eigenvalue weighted by atomic mass is 9.94. The zero-order valence-electron chi connectivity index (χ0n) is 19.1. The van der Waals surface area contributed by atoms with Crippen molar-refractivity contribution < 1.29 is 18.1 Å². The van der Waals surface area contributed by atoms with Gasteiger partial charge in [-0.25, -0.2) is 13.6 Å². The summed E-state index contributed by atoms with van der Waals surface area (Å²) in [7, 11) is 0. The lowest BCUT2D eigenvalue weighted by Gasteiger charge is -2.35. The molecule has 8 heteroatoms. The van der Waals surface area contributed by atoms with Gasteiger partial charge in [0.15, 0.2) is 0 Å². The number of hydrogen-bond donors (Lipinski definition) is 1. The summed E-state index contributed by atoms with van der Waals surface area (Å²) in [4.78, 5) is 19.3. The molecule has 0 spiro atoms. The summed E-state index contributed by atoms with van der Waals surface area (Å²) in [5.74, 6) is -0.482. The molecule has 1 aliphatic heterocycles. The molecule has 176 valence electrons. The Morgan fingerprint density at radius 1 is 0.971 bits per heavy atom. The summed E-state index contributed by atoms with van der Waals surface area (Å²) in [6, 6.07) is 18.6. The Balaban J connectivity index is 1.62. The number of benzene rings is 3. The molecule has 1 atom stereocenters. The number of allylic oxidation sites excluding steroid dienone is 1. The Labute approximate surface area is 200 Å². The largest absolute Gasteiger partial charge is 0.334 e. The third kappa shape index (κ3) is 4.42. The highest BCUT2D eigenvalue weighted by molar-refractivity contribution is 5.87. The van der Waals surface area contributed by atoms with E-state index in [0.29, 0.717) is 28.9 Å². The molecule has 2 heterocycles. The van der Waals surface area contributed by atoms with Gasteiger partial charge in [-0.1, -0.05) is 53.7 Å². The van der Waals surface area contributed by atoms with Crippen molar-refractivity contribution >= 4 is 11.6 Å². The molecule has 0 saturated heterocycles. The van der Waals surface area contributed by atoms with E-state index in [4.69, 9.17) is 4.52 Å². The molecule has 6 nitrogen and oxygen atoms in total. The molecule has 0 bridgehead atoms. The second-order valence-corrected chi connectivity index (χ2v) is 8.38. The number of nitrogens with one attached hydrogen (secondary N) is 1. The normalized spacial score (nSPS) is 15.9. The molecule has 4 aromatic rings. The predicted molar refractivity (Wildman–Crippen MR) is 127 cm³/mol. The van der Waals surface area contributed by atoms with Crippen LogP contribution in [0.25, 0.3) is 17.0 Å². The van der Waals surface area contributed by atoms with Gasteiger partial charge in [0, 0.05) is 11.3 Å². The molecule has 35 heavy (non-hydrogen) atoms. The minimum Gasteiger partial charge on any atom is -0.334 e. The van der Waals surface area contributed by atoms with Crippen LogP contribution in [0.4, 0.5) is 13.6 Å². The van der Waals surface area contributed by atoms with Gasteiger partial charge in [0.05, 0.1) is 18.2 Å². The average Bonchev–Trinajstić information content (AvgIpc) is 3.32. The van der Waals surface area contributed by atoms with Gasteiger partial charge in [-0.2, -0.15) is 4.98 Å². The van der Waals surface area contributed by atoms with Gasteiger partial charge in [0.1, 0.15) is 11.6 Å². The van der Waals surface area contributed by atoms with Crippen LogP contribution in [0.5, 0.6) is 0 Å². The van der Waals surface area contributed by atoms with E-state index < -0.39 is 17.7 Å². The molecular formula is C27H22F2N4O2. The molecule has 0 saturated carbocycles. The summed E-state index contributed by atoms with van der Waals surface area (Å²) in [6.07, 6.45) is 0. The Morgan fingerprint density at radius 3 is 2.46 bits per heavy atom. The molecule has 0 fully saturated rings. The van der Waals surface area contributed by atoms with E-state index in [0.717, 1.165) is 11.1 Å². The third-order valence-electron chi connectivity index (χ3n) is 6.11. The van der Waals surface area contributed by atoms with Crippen LogP contribution >= 0.6 is 0 Å². The highest BCUT2D eigenvalue weighted by Gasteiger charge is 2.36. The number of rotatable bonds is 5. The van der Waals surface area contributed by atoms with Crippen molar-refractivity contribution in [1.29, 1.82) is 0 Å². The van der Waals surface area contributed by atoms with E-state index in [1.807, 2.05) is 31.2 Å². The molecule has 1 aromatic heterocycles. The minimum atomic E-state index is -0.716. The fourth-order valence-corrected chi connectivity index (χ4v) is 4.22. The molecule has 0 radical (unpaired) electrons. The van der Waals surface area contributed by atoms with Gasteiger partial charge in [-0.15, -0.1) is 0 Å². The molecule has 1 N–H and O–H groups in total. The third-order valence-corrected chi connectivity index (χ3v) is 6.11. The monoisotopic (exact) mass is 472 g/mol. The van der Waals surface area contributed by atoms with Crippen molar-refractivity contribution in [2.24, 2.45) is 0 Å². The summed E-state index contributed by atoms with van der Waals surface area (Å²) in [5.41, 5.74) is 4.16. The molecule has 5 rings (SSSR count). The second kappa shape index (κ2) is 9.13. The number of urea groups is 1. The molecule has 2 amide bonds. The number of aryl methyl sites for hydroxylation is 1. The number of amides is 2. The topological polar surface area (TPSA) is 71.3 Å². The standard InChI is InChI=1S/C27H22F2N4O2/c1-16-7-3-4-8-20(16)15-33-17(2)23(24(30-27(33)34)18-9-5-11-21(28)13-18)26-31-25(32-35-26)19-10-6-12-22(29)14-19/h3-14,24H,15H2,1-2H3,(H,30,34). The Kier molecular flexibility index (Phi) is 5.86. The van der Waals surface area contributed by atoms with Crippen LogP contribution < -0.4 is 5.32 Å². The fraction of sp³-hybridized carbons (Fsp3) is 0.148. The molecule has 0 aliphatic carbocycles. The number of aromatic nitrogens is 2. The van der Waals surface area contributed by atoms with E-state index in [1.54, 1.807) is 36.1 Å². The van der Waals surface area contributed by atoms with Crippen molar-refractivity contribution in [1.82, 2.24) is 20.4 Å². The summed E-state index contributed by atoms with van der Waals surface area (Å²) in [5, 5.41) is 6.99. The number of hydrogen-bond acceptors (Lipinski definition) is 4. The predicted octanol–water partition coefficient (Wildman–Crippen LogP) is 6.02. The van der Waals surface area contributed by atoms with Gasteiger partial charge in [0.2, 0.25) is 5.82 Å². The molecule has 1 aliphatic rings. The van der Waals surface area contributed by atoms with Crippen molar-refractivity contribution in [3.63, 3.8) is 0 Å². The summed E-state index contributed by atoms with van der Waals surface area (Å²) >= 11 is 0. The molecular weight excluding hydrogens is 450 g/mol. The second-order valence-electron chi connectivity index (χ2n) is 8.38. The molecule has 1 unspecified atom stereocenters. The van der Waals surface area contributed by atoms with E-state index >= 15 is 0 Å². The SMILES string of the molecule is CC1=C(c2nc(-c3cccc(F)c3)no2)C(c2cccc(F)c2)NC(=O)N1Cc1ccccc1C. The first kappa shape index (κ1) is 22.5. The van der Waals surface area contributed by atoms with E-state index in [-0.39, 0.29) is 17.7 Å². The first-order valence-corrected chi connectivity index (χ1v) is 11.1. The van der Waals surface area contributed by atoms with Gasteiger partial charge in [-0.3, -0.25) is 4.90 Å². The maximum atomic E-state index is 14.1. The smallest absolute Gasteiger partial charge is 0.322 e. The van der Waals surface area contributed by atoms with E-state index in [2.05, 4.69) is 15.5 Å². The Hall–Kier alpha value is -4.33. The van der Waals surface area contributed by atoms with Crippen molar-refractivity contribution in [2.75, 3.05) is 0 Å². The highest BCUT2D eigenvalue weighted by Crippen LogP contribution is 2.38. The maximum Gasteiger partial charge on any atom is 0.322 e. The summed E-state index contributed by atoms with van der Waals surface area (Å²) < 4.78 is 33.4. The van der Waals surface area contributed by atoms with Gasteiger partial charge in [0.25, 0.3) is 5.89 Å². The van der Waals surface area contributed by atoms with Crippen LogP contribution in [-0.4, -0.2) is 21.1 Å². The van der Waals surface area contributed by atoms with E-state index in [1.165, 1.54) is 24.3 Å². The van der Waals surface area contributed by atoms with Crippen molar-refractivity contribution in [3.8, 4) is 11.4 Å². The fourth-order valence-electron chi connectivity index (χ4n) is 4.22. The molecule has 3 aromatic carbocycles. The summed E-state index contributed by atoms with van der Waals surface area (Å²) in [6.45, 7) is 4.11. The van der Waals surface area contributed by atoms with Crippen LogP contribution in [0.3, 0.4) is 0 Å². The van der Waals surface area contributed by atoms with Crippen molar-refractivity contribution in [2.45, 2.75) is 26.4 Å². The average molecular weight is 472 g/mol. The Bertz CT molecular complexity index is 1450. The van der Waals surface area contributed by atoms with E-state index in [9.17, 15) is 13.6 Å². The number of nitrogens with zero attached hydrogens (tertiary/aromatic N) is 3. The first-order valence-electron chi connectivity index (χ1n) is 11.1. The number of carbonyl (C=O) groups is 1. The highest BCUT2D eigenvalue weighted by atomic mass is 19.1. The van der Waals surface area contributed by atoms with Crippen LogP contribution in [0.1, 0.15) is 35.5 Å². The van der Waals surface area contributed by atoms with Crippen LogP contribution in [0.2, 0.25) is 0 Å². The minimum absolute atomic E-state index is 0.158.